The van der Waals surface area contributed by atoms with Gasteiger partial charge in [0.25, 0.3) is 0 Å². The van der Waals surface area contributed by atoms with Gasteiger partial charge in [0.15, 0.2) is 0 Å². The van der Waals surface area contributed by atoms with E-state index in [0.29, 0.717) is 0 Å². The van der Waals surface area contributed by atoms with E-state index in [-0.39, 0.29) is 17.1 Å². The number of para-hydroxylation sites is 1. The SMILES string of the molecule is C[C]1[CH][P][C](c2cccc3cccnc23)[C]1C.[CH]1[CH][CH][CH][CH]1.[Fe]. The second kappa shape index (κ2) is 9.16. The maximum Gasteiger partial charge on any atom is 0.0744 e. The third-order valence-electron chi connectivity index (χ3n) is 3.78. The number of pyridine rings is 1. The van der Waals surface area contributed by atoms with Crippen LogP contribution in [0, 0.1) is 55.8 Å². The van der Waals surface area contributed by atoms with E-state index in [1.807, 2.05) is 44.4 Å². The number of aromatic nitrogens is 1. The molecule has 2 heterocycles. The number of rotatable bonds is 1. The van der Waals surface area contributed by atoms with Gasteiger partial charge in [-0.1, -0.05) is 46.7 Å². The molecule has 0 atom stereocenters. The molecule has 2 aliphatic rings. The summed E-state index contributed by atoms with van der Waals surface area (Å²) >= 11 is 0. The Bertz CT molecular complexity index is 599. The van der Waals surface area contributed by atoms with Crippen LogP contribution in [-0.2, 0) is 17.1 Å². The van der Waals surface area contributed by atoms with Crippen LogP contribution in [0.25, 0.3) is 10.9 Å². The van der Waals surface area contributed by atoms with E-state index in [0.717, 1.165) is 5.52 Å². The molecule has 116 valence electrons. The molecule has 0 unspecified atom stereocenters. The summed E-state index contributed by atoms with van der Waals surface area (Å²) in [5.74, 6) is 2.78. The first-order valence-corrected chi connectivity index (χ1v) is 8.33. The Morgan fingerprint density at radius 2 is 1.52 bits per heavy atom. The van der Waals surface area contributed by atoms with E-state index in [1.165, 1.54) is 37.0 Å². The van der Waals surface area contributed by atoms with Gasteiger partial charge >= 0.3 is 0 Å². The molecule has 1 aliphatic heterocycles. The van der Waals surface area contributed by atoms with Crippen molar-refractivity contribution in [2.24, 2.45) is 0 Å². The zero-order chi connectivity index (χ0) is 15.4. The Hall–Kier alpha value is -0.421. The minimum absolute atomic E-state index is 0. The van der Waals surface area contributed by atoms with Gasteiger partial charge in [0, 0.05) is 34.3 Å². The van der Waals surface area contributed by atoms with E-state index in [1.54, 1.807) is 0 Å². The number of hydrogen-bond acceptors (Lipinski definition) is 1. The summed E-state index contributed by atoms with van der Waals surface area (Å²) in [5.41, 5.74) is 3.78. The van der Waals surface area contributed by atoms with Crippen molar-refractivity contribution in [3.05, 3.63) is 97.9 Å². The first-order chi connectivity index (χ1) is 10.8. The number of fused-ring (bicyclic) bond motifs is 1. The molecular formula is C20H18FeNP. The molecule has 1 aromatic heterocycles. The predicted octanol–water partition coefficient (Wildman–Crippen LogP) is 5.44. The molecule has 1 saturated carbocycles. The van der Waals surface area contributed by atoms with Gasteiger partial charge in [-0.05, 0) is 61.7 Å². The van der Waals surface area contributed by atoms with E-state index in [9.17, 15) is 0 Å². The third kappa shape index (κ3) is 4.56. The monoisotopic (exact) mass is 359 g/mol. The van der Waals surface area contributed by atoms with Gasteiger partial charge in [-0.15, -0.1) is 0 Å². The Morgan fingerprint density at radius 1 is 0.870 bits per heavy atom. The van der Waals surface area contributed by atoms with Crippen molar-refractivity contribution in [1.82, 2.24) is 4.98 Å². The summed E-state index contributed by atoms with van der Waals surface area (Å²) in [4.78, 5) is 4.52. The molecule has 1 saturated heterocycles. The second-order valence-electron chi connectivity index (χ2n) is 5.26. The van der Waals surface area contributed by atoms with Crippen molar-refractivity contribution in [3.8, 4) is 0 Å². The summed E-state index contributed by atoms with van der Waals surface area (Å²) in [6.45, 7) is 4.37. The topological polar surface area (TPSA) is 12.9 Å². The average molecular weight is 359 g/mol. The molecule has 1 nitrogen and oxygen atoms in total. The van der Waals surface area contributed by atoms with Crippen molar-refractivity contribution < 1.29 is 17.1 Å². The first kappa shape index (κ1) is 18.9. The number of benzene rings is 1. The normalized spacial score (nSPS) is 20.4. The molecule has 0 amide bonds. The molecule has 0 N–H and O–H groups in total. The van der Waals surface area contributed by atoms with Crippen LogP contribution in [0.4, 0.5) is 0 Å². The van der Waals surface area contributed by atoms with E-state index in [4.69, 9.17) is 0 Å². The van der Waals surface area contributed by atoms with Crippen molar-refractivity contribution in [2.75, 3.05) is 0 Å². The minimum atomic E-state index is 0. The van der Waals surface area contributed by atoms with Crippen molar-refractivity contribution in [3.63, 3.8) is 0 Å². The summed E-state index contributed by atoms with van der Waals surface area (Å²) in [7, 11) is 1.29. The molecule has 1 aromatic carbocycles. The van der Waals surface area contributed by atoms with Crippen LogP contribution in [0.5, 0.6) is 0 Å². The fourth-order valence-electron chi connectivity index (χ4n) is 2.43. The van der Waals surface area contributed by atoms with Gasteiger partial charge in [0.05, 0.1) is 5.52 Å². The molecule has 1 aliphatic carbocycles. The third-order valence-corrected chi connectivity index (χ3v) is 5.13. The van der Waals surface area contributed by atoms with Crippen LogP contribution in [0.15, 0.2) is 36.5 Å². The van der Waals surface area contributed by atoms with Crippen LogP contribution in [-0.4, -0.2) is 4.98 Å². The average Bonchev–Trinajstić information content (AvgIpc) is 3.22. The van der Waals surface area contributed by atoms with Crippen molar-refractivity contribution in [2.45, 2.75) is 13.8 Å². The van der Waals surface area contributed by atoms with E-state index in [2.05, 4.69) is 49.3 Å². The van der Waals surface area contributed by atoms with E-state index >= 15 is 0 Å². The van der Waals surface area contributed by atoms with Crippen molar-refractivity contribution in [1.29, 1.82) is 0 Å². The molecule has 0 spiro atoms. The fourth-order valence-corrected chi connectivity index (χ4v) is 3.64. The smallest absolute Gasteiger partial charge is 0.0744 e. The van der Waals surface area contributed by atoms with Gasteiger partial charge in [-0.2, -0.15) is 0 Å². The van der Waals surface area contributed by atoms with Gasteiger partial charge in [-0.25, -0.2) is 0 Å². The maximum absolute atomic E-state index is 4.52. The van der Waals surface area contributed by atoms with E-state index < -0.39 is 0 Å². The van der Waals surface area contributed by atoms with Crippen LogP contribution in [0.3, 0.4) is 0 Å². The summed E-state index contributed by atoms with van der Waals surface area (Å²) in [5, 5.41) is 1.21. The molecule has 2 fully saturated rings. The molecule has 3 heteroatoms. The first-order valence-electron chi connectivity index (χ1n) is 7.37. The van der Waals surface area contributed by atoms with Gasteiger partial charge < -0.3 is 0 Å². The Morgan fingerprint density at radius 3 is 2.13 bits per heavy atom. The zero-order valence-electron chi connectivity index (χ0n) is 13.2. The molecule has 10 radical (unpaired) electrons. The molecular weight excluding hydrogens is 341 g/mol. The zero-order valence-corrected chi connectivity index (χ0v) is 15.2. The summed E-state index contributed by atoms with van der Waals surface area (Å²) in [6, 6.07) is 10.5. The molecule has 23 heavy (non-hydrogen) atoms. The standard InChI is InChI=1S/C15H13NP.C5H5.Fe/c1-10-9-17-15(11(10)2)13-7-3-5-12-6-4-8-16-14(12)13;1-2-4-5-3-1;/h3-9H,1-2H3;1-5H;. The summed E-state index contributed by atoms with van der Waals surface area (Å²) in [6.07, 6.45) is 14.1. The second-order valence-corrected chi connectivity index (χ2v) is 6.22. The van der Waals surface area contributed by atoms with Gasteiger partial charge in [0.1, 0.15) is 0 Å². The minimum Gasteiger partial charge on any atom is -0.256 e. The predicted molar refractivity (Wildman–Crippen MR) is 94.6 cm³/mol. The molecule has 2 aromatic rings. The maximum atomic E-state index is 4.52. The number of nitrogens with zero attached hydrogens (tertiary/aromatic N) is 1. The quantitative estimate of drug-likeness (QED) is 0.488. The Kier molecular flexibility index (Phi) is 7.54. The van der Waals surface area contributed by atoms with Crippen LogP contribution >= 0.6 is 8.58 Å². The van der Waals surface area contributed by atoms with Gasteiger partial charge in [-0.3, -0.25) is 4.98 Å². The van der Waals surface area contributed by atoms with Crippen LogP contribution < -0.4 is 0 Å². The largest absolute Gasteiger partial charge is 0.256 e. The Balaban J connectivity index is 0.000000276. The van der Waals surface area contributed by atoms with Crippen LogP contribution in [0.1, 0.15) is 19.4 Å². The van der Waals surface area contributed by atoms with Crippen molar-refractivity contribution >= 4 is 19.5 Å². The molecule has 4 rings (SSSR count). The Labute approximate surface area is 153 Å². The van der Waals surface area contributed by atoms with Crippen LogP contribution in [0.2, 0.25) is 0 Å². The fraction of sp³-hybridized carbons (Fsp3) is 0.100. The summed E-state index contributed by atoms with van der Waals surface area (Å²) < 4.78 is 0. The molecule has 0 bridgehead atoms. The number of hydrogen-bond donors (Lipinski definition) is 0. The van der Waals surface area contributed by atoms with Gasteiger partial charge in [0.2, 0.25) is 0 Å².